The molecule has 0 saturated carbocycles. The Morgan fingerprint density at radius 2 is 2.15 bits per heavy atom. The van der Waals surface area contributed by atoms with Crippen molar-refractivity contribution in [2.45, 2.75) is 38.6 Å². The Hall–Kier alpha value is -1.55. The molecule has 0 spiro atoms. The molecule has 3 heterocycles. The van der Waals surface area contributed by atoms with E-state index in [4.69, 9.17) is 9.72 Å². The minimum atomic E-state index is 0.553. The molecular weight excluding hydrogens is 250 g/mol. The second kappa shape index (κ2) is 5.44. The lowest BCUT2D eigenvalue weighted by atomic mass is 9.94. The predicted octanol–water partition coefficient (Wildman–Crippen LogP) is 2.93. The van der Waals surface area contributed by atoms with Crippen LogP contribution < -0.4 is 4.74 Å². The van der Waals surface area contributed by atoms with E-state index in [9.17, 15) is 0 Å². The summed E-state index contributed by atoms with van der Waals surface area (Å²) < 4.78 is 7.34. The molecule has 0 N–H and O–H groups in total. The van der Waals surface area contributed by atoms with Gasteiger partial charge in [-0.05, 0) is 45.4 Å². The summed E-state index contributed by atoms with van der Waals surface area (Å²) in [6, 6.07) is 4.61. The van der Waals surface area contributed by atoms with Gasteiger partial charge in [-0.1, -0.05) is 0 Å². The molecule has 3 rings (SSSR count). The van der Waals surface area contributed by atoms with E-state index >= 15 is 0 Å². The molecule has 4 nitrogen and oxygen atoms in total. The Morgan fingerprint density at radius 3 is 2.90 bits per heavy atom. The Balaban J connectivity index is 1.86. The number of likely N-dealkylation sites (tertiary alicyclic amines) is 1. The van der Waals surface area contributed by atoms with Gasteiger partial charge in [-0.3, -0.25) is 0 Å². The minimum absolute atomic E-state index is 0.553. The average Bonchev–Trinajstić information content (AvgIpc) is 2.90. The number of rotatable bonds is 3. The molecule has 4 heteroatoms. The normalized spacial score (nSPS) is 20.7. The predicted molar refractivity (Wildman–Crippen MR) is 80.4 cm³/mol. The summed E-state index contributed by atoms with van der Waals surface area (Å²) in [6.45, 7) is 6.89. The number of piperidine rings is 1. The molecule has 20 heavy (non-hydrogen) atoms. The topological polar surface area (TPSA) is 29.8 Å². The van der Waals surface area contributed by atoms with E-state index in [1.807, 2.05) is 18.3 Å². The van der Waals surface area contributed by atoms with E-state index in [-0.39, 0.29) is 0 Å². The lowest BCUT2D eigenvalue weighted by molar-refractivity contribution is 0.166. The first-order valence-corrected chi connectivity index (χ1v) is 7.44. The summed E-state index contributed by atoms with van der Waals surface area (Å²) in [5, 5.41) is 0. The Labute approximate surface area is 120 Å². The number of fused-ring (bicyclic) bond motifs is 1. The van der Waals surface area contributed by atoms with E-state index in [2.05, 4.69) is 29.3 Å². The zero-order chi connectivity index (χ0) is 14.1. The smallest absolute Gasteiger partial charge is 0.137 e. The van der Waals surface area contributed by atoms with Gasteiger partial charge in [0.2, 0.25) is 0 Å². The van der Waals surface area contributed by atoms with Crippen LogP contribution in [0.25, 0.3) is 5.65 Å². The van der Waals surface area contributed by atoms with Crippen molar-refractivity contribution in [3.8, 4) is 5.75 Å². The fourth-order valence-electron chi connectivity index (χ4n) is 3.03. The number of methoxy groups -OCH3 is 1. The molecule has 0 radical (unpaired) electrons. The van der Waals surface area contributed by atoms with Crippen LogP contribution in [0.3, 0.4) is 0 Å². The zero-order valence-corrected chi connectivity index (χ0v) is 12.5. The fraction of sp³-hybridized carbons (Fsp3) is 0.562. The molecule has 0 amide bonds. The highest BCUT2D eigenvalue weighted by Crippen LogP contribution is 2.28. The Morgan fingerprint density at radius 1 is 1.30 bits per heavy atom. The molecule has 1 atom stereocenters. The molecule has 0 bridgehead atoms. The first kappa shape index (κ1) is 13.4. The highest BCUT2D eigenvalue weighted by atomic mass is 16.5. The Bertz CT molecular complexity index is 590. The number of aromatic nitrogens is 2. The monoisotopic (exact) mass is 273 g/mol. The van der Waals surface area contributed by atoms with E-state index in [0.29, 0.717) is 12.0 Å². The third-order valence-corrected chi connectivity index (χ3v) is 4.28. The molecule has 2 aromatic heterocycles. The molecule has 1 unspecified atom stereocenters. The number of hydrogen-bond donors (Lipinski definition) is 0. The van der Waals surface area contributed by atoms with Crippen LogP contribution in [0.5, 0.6) is 5.75 Å². The van der Waals surface area contributed by atoms with Crippen LogP contribution in [-0.2, 0) is 0 Å². The maximum atomic E-state index is 5.27. The van der Waals surface area contributed by atoms with Gasteiger partial charge in [0, 0.05) is 24.7 Å². The summed E-state index contributed by atoms with van der Waals surface area (Å²) in [4.78, 5) is 7.34. The van der Waals surface area contributed by atoms with E-state index in [1.165, 1.54) is 25.1 Å². The van der Waals surface area contributed by atoms with Crippen LogP contribution in [0.2, 0.25) is 0 Å². The van der Waals surface area contributed by atoms with Crippen molar-refractivity contribution in [3.05, 3.63) is 30.2 Å². The highest BCUT2D eigenvalue weighted by molar-refractivity contribution is 5.43. The maximum Gasteiger partial charge on any atom is 0.137 e. The van der Waals surface area contributed by atoms with Gasteiger partial charge in [-0.2, -0.15) is 0 Å². The van der Waals surface area contributed by atoms with Crippen LogP contribution in [-0.4, -0.2) is 40.5 Å². The number of hydrogen-bond acceptors (Lipinski definition) is 3. The molecule has 1 aliphatic rings. The van der Waals surface area contributed by atoms with Gasteiger partial charge in [0.1, 0.15) is 11.4 Å². The van der Waals surface area contributed by atoms with Crippen molar-refractivity contribution in [2.75, 3.05) is 20.2 Å². The molecular formula is C16H23N3O. The summed E-state index contributed by atoms with van der Waals surface area (Å²) >= 11 is 0. The van der Waals surface area contributed by atoms with Crippen LogP contribution in [0.15, 0.2) is 24.5 Å². The lowest BCUT2D eigenvalue weighted by Crippen LogP contribution is -2.39. The van der Waals surface area contributed by atoms with E-state index in [0.717, 1.165) is 17.9 Å². The average molecular weight is 273 g/mol. The van der Waals surface area contributed by atoms with E-state index < -0.39 is 0 Å². The van der Waals surface area contributed by atoms with Crippen LogP contribution in [0.1, 0.15) is 38.3 Å². The summed E-state index contributed by atoms with van der Waals surface area (Å²) in [5.41, 5.74) is 2.21. The standard InChI is InChI=1S/C16H23N3O/c1-12(2)18-8-4-5-13(9-18)15-11-19-10-14(20-3)6-7-16(19)17-15/h6-7,10-13H,4-5,8-9H2,1-3H3. The van der Waals surface area contributed by atoms with Gasteiger partial charge < -0.3 is 14.0 Å². The number of pyridine rings is 1. The van der Waals surface area contributed by atoms with E-state index in [1.54, 1.807) is 7.11 Å². The first-order valence-electron chi connectivity index (χ1n) is 7.44. The van der Waals surface area contributed by atoms with Crippen LogP contribution >= 0.6 is 0 Å². The largest absolute Gasteiger partial charge is 0.495 e. The Kier molecular flexibility index (Phi) is 3.66. The maximum absolute atomic E-state index is 5.27. The summed E-state index contributed by atoms with van der Waals surface area (Å²) in [6.07, 6.45) is 6.66. The van der Waals surface area contributed by atoms with Gasteiger partial charge in [0.15, 0.2) is 0 Å². The molecule has 1 saturated heterocycles. The quantitative estimate of drug-likeness (QED) is 0.861. The SMILES string of the molecule is COc1ccc2nc(C3CCCN(C(C)C)C3)cn2c1. The van der Waals surface area contributed by atoms with Gasteiger partial charge in [0.05, 0.1) is 19.0 Å². The fourth-order valence-corrected chi connectivity index (χ4v) is 3.03. The van der Waals surface area contributed by atoms with Gasteiger partial charge >= 0.3 is 0 Å². The molecule has 108 valence electrons. The van der Waals surface area contributed by atoms with Crippen molar-refractivity contribution >= 4 is 5.65 Å². The molecule has 2 aromatic rings. The molecule has 1 aliphatic heterocycles. The number of nitrogens with zero attached hydrogens (tertiary/aromatic N) is 3. The minimum Gasteiger partial charge on any atom is -0.495 e. The van der Waals surface area contributed by atoms with Crippen molar-refractivity contribution in [1.82, 2.24) is 14.3 Å². The first-order chi connectivity index (χ1) is 9.67. The number of ether oxygens (including phenoxy) is 1. The lowest BCUT2D eigenvalue weighted by Gasteiger charge is -2.34. The summed E-state index contributed by atoms with van der Waals surface area (Å²) in [5.74, 6) is 1.42. The molecule has 0 aromatic carbocycles. The second-order valence-electron chi connectivity index (χ2n) is 5.93. The molecule has 1 fully saturated rings. The van der Waals surface area contributed by atoms with Gasteiger partial charge in [-0.15, -0.1) is 0 Å². The molecule has 0 aliphatic carbocycles. The van der Waals surface area contributed by atoms with Crippen molar-refractivity contribution in [2.24, 2.45) is 0 Å². The second-order valence-corrected chi connectivity index (χ2v) is 5.93. The van der Waals surface area contributed by atoms with Crippen LogP contribution in [0, 0.1) is 0 Å². The van der Waals surface area contributed by atoms with Crippen LogP contribution in [0.4, 0.5) is 0 Å². The van der Waals surface area contributed by atoms with Crippen molar-refractivity contribution < 1.29 is 4.74 Å². The third kappa shape index (κ3) is 2.52. The van der Waals surface area contributed by atoms with Crippen molar-refractivity contribution in [1.29, 1.82) is 0 Å². The zero-order valence-electron chi connectivity index (χ0n) is 12.5. The van der Waals surface area contributed by atoms with Gasteiger partial charge in [-0.25, -0.2) is 4.98 Å². The van der Waals surface area contributed by atoms with Crippen molar-refractivity contribution in [3.63, 3.8) is 0 Å². The van der Waals surface area contributed by atoms with Gasteiger partial charge in [0.25, 0.3) is 0 Å². The number of imidazole rings is 1. The third-order valence-electron chi connectivity index (χ3n) is 4.28. The summed E-state index contributed by atoms with van der Waals surface area (Å²) in [7, 11) is 1.70. The highest BCUT2D eigenvalue weighted by Gasteiger charge is 2.24.